The molecule has 0 atom stereocenters. The Morgan fingerprint density at radius 3 is 2.24 bits per heavy atom. The summed E-state index contributed by atoms with van der Waals surface area (Å²) < 4.78 is 50.7. The summed E-state index contributed by atoms with van der Waals surface area (Å²) in [5.41, 5.74) is 1.18. The van der Waals surface area contributed by atoms with Gasteiger partial charge in [0.1, 0.15) is 4.90 Å². The lowest BCUT2D eigenvalue weighted by atomic mass is 10.2. The van der Waals surface area contributed by atoms with Crippen LogP contribution in [-0.4, -0.2) is 16.8 Å². The highest BCUT2D eigenvalue weighted by Crippen LogP contribution is 2.25. The average Bonchev–Trinajstić information content (AvgIpc) is 2.50. The number of primary sulfonamides is 1. The Labute approximate surface area is 152 Å². The first-order chi connectivity index (χ1) is 11.5. The minimum absolute atomic E-state index is 0.00997. The average molecular weight is 401 g/mol. The summed E-state index contributed by atoms with van der Waals surface area (Å²) in [7, 11) is -8.04. The van der Waals surface area contributed by atoms with E-state index in [1.54, 1.807) is 37.3 Å². The van der Waals surface area contributed by atoms with Crippen LogP contribution < -0.4 is 9.86 Å². The molecule has 0 heterocycles. The molecule has 0 radical (unpaired) electrons. The fourth-order valence-electron chi connectivity index (χ4n) is 2.05. The van der Waals surface area contributed by atoms with E-state index in [1.807, 2.05) is 0 Å². The zero-order valence-corrected chi connectivity index (χ0v) is 15.9. The lowest BCUT2D eigenvalue weighted by molar-refractivity contribution is 0.598. The van der Waals surface area contributed by atoms with Crippen LogP contribution in [0.2, 0.25) is 5.02 Å². The van der Waals surface area contributed by atoms with E-state index in [4.69, 9.17) is 16.7 Å². The van der Waals surface area contributed by atoms with E-state index in [2.05, 4.69) is 4.72 Å². The molecule has 0 aromatic heterocycles. The molecule has 0 aliphatic heterocycles. The van der Waals surface area contributed by atoms with E-state index >= 15 is 0 Å². The Kier molecular flexibility index (Phi) is 5.58. The van der Waals surface area contributed by atoms with Crippen molar-refractivity contribution in [1.82, 2.24) is 0 Å². The van der Waals surface area contributed by atoms with E-state index < -0.39 is 20.0 Å². The highest BCUT2D eigenvalue weighted by Gasteiger charge is 2.20. The van der Waals surface area contributed by atoms with Crippen LogP contribution in [0.4, 0.5) is 5.69 Å². The number of hydrogen-bond donors (Lipinski definition) is 2. The molecule has 2 aromatic rings. The Morgan fingerprint density at radius 2 is 1.68 bits per heavy atom. The third-order valence-electron chi connectivity index (χ3n) is 3.35. The number of aryl methyl sites for hydroxylation is 1. The van der Waals surface area contributed by atoms with Crippen molar-refractivity contribution < 1.29 is 16.8 Å². The monoisotopic (exact) mass is 400 g/mol. The number of nitrogens with one attached hydrogen (secondary N) is 1. The first kappa shape index (κ1) is 19.5. The largest absolute Gasteiger partial charge is 0.279 e. The summed E-state index contributed by atoms with van der Waals surface area (Å²) >= 11 is 5.80. The quantitative estimate of drug-likeness (QED) is 0.804. The molecule has 0 saturated heterocycles. The number of halogens is 1. The summed E-state index contributed by atoms with van der Waals surface area (Å²) in [5, 5.41) is 5.70. The molecule has 9 heteroatoms. The maximum atomic E-state index is 12.5. The van der Waals surface area contributed by atoms with Crippen LogP contribution >= 0.6 is 11.6 Å². The van der Waals surface area contributed by atoms with Crippen LogP contribution in [0.15, 0.2) is 52.3 Å². The van der Waals surface area contributed by atoms with Crippen LogP contribution in [0.1, 0.15) is 18.1 Å². The maximum Gasteiger partial charge on any atom is 0.257 e. The van der Waals surface area contributed by atoms with Crippen LogP contribution in [-0.2, 0) is 20.0 Å². The smallest absolute Gasteiger partial charge is 0.257 e. The SMILES string of the molecule is CC(=Cc1ccc(Cl)cc1)S(=O)(=O)Nc1ccc(C)cc1S(N)(=O)=O. The lowest BCUT2D eigenvalue weighted by Crippen LogP contribution is -2.19. The second kappa shape index (κ2) is 7.17. The second-order valence-electron chi connectivity index (χ2n) is 5.46. The molecule has 6 nitrogen and oxygen atoms in total. The van der Waals surface area contributed by atoms with Gasteiger partial charge in [-0.3, -0.25) is 4.72 Å². The number of nitrogens with two attached hydrogens (primary N) is 1. The number of hydrogen-bond acceptors (Lipinski definition) is 4. The number of sulfonamides is 2. The fourth-order valence-corrected chi connectivity index (χ4v) is 3.93. The van der Waals surface area contributed by atoms with Gasteiger partial charge in [-0.25, -0.2) is 22.0 Å². The summed E-state index contributed by atoms with van der Waals surface area (Å²) in [6, 6.07) is 10.9. The number of anilines is 1. The van der Waals surface area contributed by atoms with Gasteiger partial charge in [-0.05, 0) is 55.3 Å². The molecule has 0 unspecified atom stereocenters. The molecule has 0 saturated carbocycles. The van der Waals surface area contributed by atoms with Crippen molar-refractivity contribution in [3.8, 4) is 0 Å². The normalized spacial score (nSPS) is 12.9. The number of benzene rings is 2. The van der Waals surface area contributed by atoms with Crippen molar-refractivity contribution in [1.29, 1.82) is 0 Å². The van der Waals surface area contributed by atoms with Crippen molar-refractivity contribution in [2.75, 3.05) is 4.72 Å². The van der Waals surface area contributed by atoms with Crippen LogP contribution in [0.3, 0.4) is 0 Å². The Balaban J connectivity index is 2.41. The van der Waals surface area contributed by atoms with E-state index in [0.29, 0.717) is 16.1 Å². The first-order valence-corrected chi connectivity index (χ1v) is 10.5. The van der Waals surface area contributed by atoms with Crippen molar-refractivity contribution >= 4 is 43.4 Å². The van der Waals surface area contributed by atoms with Gasteiger partial charge < -0.3 is 0 Å². The molecule has 0 spiro atoms. The molecular weight excluding hydrogens is 384 g/mol. The van der Waals surface area contributed by atoms with Gasteiger partial charge >= 0.3 is 0 Å². The van der Waals surface area contributed by atoms with Gasteiger partial charge in [0.25, 0.3) is 10.0 Å². The molecule has 25 heavy (non-hydrogen) atoms. The van der Waals surface area contributed by atoms with Gasteiger partial charge in [0, 0.05) is 5.02 Å². The Hall–Kier alpha value is -1.87. The zero-order chi connectivity index (χ0) is 18.8. The van der Waals surface area contributed by atoms with Gasteiger partial charge in [0.2, 0.25) is 10.0 Å². The van der Waals surface area contributed by atoms with E-state index in [1.165, 1.54) is 25.1 Å². The van der Waals surface area contributed by atoms with E-state index in [0.717, 1.165) is 0 Å². The van der Waals surface area contributed by atoms with Crippen molar-refractivity contribution in [2.45, 2.75) is 18.7 Å². The topological polar surface area (TPSA) is 106 Å². The molecule has 3 N–H and O–H groups in total. The summed E-state index contributed by atoms with van der Waals surface area (Å²) in [4.78, 5) is -0.272. The molecule has 0 fully saturated rings. The third kappa shape index (κ3) is 5.05. The third-order valence-corrected chi connectivity index (χ3v) is 6.01. The summed E-state index contributed by atoms with van der Waals surface area (Å²) in [6.45, 7) is 3.08. The van der Waals surface area contributed by atoms with Gasteiger partial charge in [0.15, 0.2) is 0 Å². The summed E-state index contributed by atoms with van der Waals surface area (Å²) in [6.07, 6.45) is 1.45. The van der Waals surface area contributed by atoms with E-state index in [-0.39, 0.29) is 15.5 Å². The number of rotatable bonds is 5. The predicted molar refractivity (Wildman–Crippen MR) is 100 cm³/mol. The summed E-state index contributed by atoms with van der Waals surface area (Å²) in [5.74, 6) is 0. The Morgan fingerprint density at radius 1 is 1.08 bits per heavy atom. The second-order valence-corrected chi connectivity index (χ2v) is 9.28. The molecule has 2 rings (SSSR count). The molecule has 0 aliphatic carbocycles. The fraction of sp³-hybridized carbons (Fsp3) is 0.125. The van der Waals surface area contributed by atoms with E-state index in [9.17, 15) is 16.8 Å². The molecule has 2 aromatic carbocycles. The molecule has 0 aliphatic rings. The van der Waals surface area contributed by atoms with Crippen molar-refractivity contribution in [3.05, 3.63) is 63.5 Å². The number of allylic oxidation sites excluding steroid dienone is 1. The molecule has 134 valence electrons. The standard InChI is InChI=1S/C16H17ClN2O4S2/c1-11-3-8-15(16(9-11)24(18,20)21)19-25(22,23)12(2)10-13-4-6-14(17)7-5-13/h3-10,19H,1-2H3,(H2,18,20,21). The minimum atomic E-state index is -4.08. The molecular formula is C16H17ClN2O4S2. The van der Waals surface area contributed by atoms with Gasteiger partial charge in [0.05, 0.1) is 10.6 Å². The molecule has 0 amide bonds. The highest BCUT2D eigenvalue weighted by molar-refractivity contribution is 7.96. The first-order valence-electron chi connectivity index (χ1n) is 7.09. The van der Waals surface area contributed by atoms with Gasteiger partial charge in [-0.15, -0.1) is 0 Å². The van der Waals surface area contributed by atoms with Crippen molar-refractivity contribution in [3.63, 3.8) is 0 Å². The van der Waals surface area contributed by atoms with Crippen LogP contribution in [0, 0.1) is 6.92 Å². The predicted octanol–water partition coefficient (Wildman–Crippen LogP) is 3.10. The minimum Gasteiger partial charge on any atom is -0.279 e. The van der Waals surface area contributed by atoms with Gasteiger partial charge in [-0.2, -0.15) is 0 Å². The highest BCUT2D eigenvalue weighted by atomic mass is 35.5. The van der Waals surface area contributed by atoms with Crippen molar-refractivity contribution in [2.24, 2.45) is 5.14 Å². The van der Waals surface area contributed by atoms with Gasteiger partial charge in [-0.1, -0.05) is 29.8 Å². The molecule has 0 bridgehead atoms. The maximum absolute atomic E-state index is 12.5. The lowest BCUT2D eigenvalue weighted by Gasteiger charge is -2.12. The van der Waals surface area contributed by atoms with Crippen LogP contribution in [0.25, 0.3) is 6.08 Å². The van der Waals surface area contributed by atoms with Crippen LogP contribution in [0.5, 0.6) is 0 Å². The zero-order valence-electron chi connectivity index (χ0n) is 13.5. The Bertz CT molecular complexity index is 1030.